The van der Waals surface area contributed by atoms with Gasteiger partial charge in [-0.05, 0) is 25.8 Å². The minimum atomic E-state index is -0.347. The van der Waals surface area contributed by atoms with Gasteiger partial charge < -0.3 is 15.8 Å². The van der Waals surface area contributed by atoms with E-state index in [9.17, 15) is 4.79 Å². The zero-order valence-corrected chi connectivity index (χ0v) is 11.6. The van der Waals surface area contributed by atoms with Crippen molar-refractivity contribution in [3.63, 3.8) is 0 Å². The number of ether oxygens (including phenoxy) is 1. The Morgan fingerprint density at radius 2 is 2.18 bits per heavy atom. The number of nitrogen functional groups attached to an aromatic ring is 1. The number of anilines is 2. The van der Waals surface area contributed by atoms with Crippen LogP contribution in [0.5, 0.6) is 0 Å². The van der Waals surface area contributed by atoms with Crippen molar-refractivity contribution in [1.82, 2.24) is 0 Å². The molecule has 96 valence electrons. The molecule has 5 heteroatoms. The molecule has 0 radical (unpaired) electrons. The summed E-state index contributed by atoms with van der Waals surface area (Å²) in [6.07, 6.45) is 0. The van der Waals surface area contributed by atoms with Gasteiger partial charge in [-0.1, -0.05) is 13.8 Å². The number of nitrogens with two attached hydrogens (primary N) is 1. The lowest BCUT2D eigenvalue weighted by atomic mass is 10.1. The molecule has 1 unspecified atom stereocenters. The van der Waals surface area contributed by atoms with Gasteiger partial charge in [0.05, 0.1) is 17.3 Å². The number of hydrogen-bond acceptors (Lipinski definition) is 5. The summed E-state index contributed by atoms with van der Waals surface area (Å²) in [4.78, 5) is 12.1. The zero-order valence-electron chi connectivity index (χ0n) is 10.7. The molecular weight excluding hydrogens is 236 g/mol. The Bertz CT molecular complexity index is 388. The van der Waals surface area contributed by atoms with Crippen molar-refractivity contribution in [1.29, 1.82) is 0 Å². The molecule has 0 amide bonds. The maximum absolute atomic E-state index is 11.6. The van der Waals surface area contributed by atoms with E-state index in [1.165, 1.54) is 11.3 Å². The molecule has 3 N–H and O–H groups in total. The van der Waals surface area contributed by atoms with Crippen LogP contribution >= 0.6 is 11.3 Å². The Hall–Kier alpha value is -1.23. The van der Waals surface area contributed by atoms with Crippen LogP contribution in [0.3, 0.4) is 0 Å². The number of thiophene rings is 1. The zero-order chi connectivity index (χ0) is 13.0. The van der Waals surface area contributed by atoms with E-state index < -0.39 is 0 Å². The number of nitrogens with one attached hydrogen (secondary N) is 1. The summed E-state index contributed by atoms with van der Waals surface area (Å²) in [6.45, 7) is 8.52. The van der Waals surface area contributed by atoms with Gasteiger partial charge in [-0.2, -0.15) is 0 Å². The highest BCUT2D eigenvalue weighted by molar-refractivity contribution is 7.18. The van der Waals surface area contributed by atoms with Crippen LogP contribution in [0, 0.1) is 5.92 Å². The van der Waals surface area contributed by atoms with E-state index in [0.29, 0.717) is 29.1 Å². The molecule has 0 spiro atoms. The Kier molecular flexibility index (Phi) is 4.81. The van der Waals surface area contributed by atoms with Crippen molar-refractivity contribution in [3.05, 3.63) is 10.9 Å². The van der Waals surface area contributed by atoms with Gasteiger partial charge in [0.2, 0.25) is 0 Å². The second-order valence-electron chi connectivity index (χ2n) is 4.29. The van der Waals surface area contributed by atoms with E-state index in [2.05, 4.69) is 26.1 Å². The van der Waals surface area contributed by atoms with Gasteiger partial charge in [-0.3, -0.25) is 0 Å². The Balaban J connectivity index is 2.78. The van der Waals surface area contributed by atoms with E-state index in [1.54, 1.807) is 13.0 Å². The van der Waals surface area contributed by atoms with Gasteiger partial charge in [0.1, 0.15) is 4.88 Å². The summed E-state index contributed by atoms with van der Waals surface area (Å²) in [5.74, 6) is 0.171. The minimum absolute atomic E-state index is 0.336. The lowest BCUT2D eigenvalue weighted by Gasteiger charge is -2.16. The summed E-state index contributed by atoms with van der Waals surface area (Å²) in [5, 5.41) is 4.24. The molecule has 1 aromatic rings. The molecular formula is C12H20N2O2S. The van der Waals surface area contributed by atoms with Crippen LogP contribution in [0.1, 0.15) is 37.4 Å². The first-order chi connectivity index (χ1) is 7.95. The molecule has 0 fully saturated rings. The van der Waals surface area contributed by atoms with Crippen molar-refractivity contribution >= 4 is 28.0 Å². The quantitative estimate of drug-likeness (QED) is 0.795. The van der Waals surface area contributed by atoms with Crippen LogP contribution < -0.4 is 11.1 Å². The molecule has 1 aromatic heterocycles. The molecule has 0 bridgehead atoms. The fourth-order valence-corrected chi connectivity index (χ4v) is 2.19. The molecule has 4 nitrogen and oxygen atoms in total. The van der Waals surface area contributed by atoms with Crippen LogP contribution in [0.2, 0.25) is 0 Å². The van der Waals surface area contributed by atoms with Gasteiger partial charge in [-0.15, -0.1) is 11.3 Å². The normalized spacial score (nSPS) is 12.5. The van der Waals surface area contributed by atoms with Crippen LogP contribution in [0.4, 0.5) is 10.7 Å². The first kappa shape index (κ1) is 13.8. The fraction of sp³-hybridized carbons (Fsp3) is 0.583. The first-order valence-corrected chi connectivity index (χ1v) is 6.60. The third kappa shape index (κ3) is 3.63. The average Bonchev–Trinajstić information content (AvgIpc) is 2.59. The fourth-order valence-electron chi connectivity index (χ4n) is 1.22. The van der Waals surface area contributed by atoms with Gasteiger partial charge in [0, 0.05) is 6.04 Å². The third-order valence-corrected chi connectivity index (χ3v) is 3.65. The average molecular weight is 256 g/mol. The van der Waals surface area contributed by atoms with Crippen LogP contribution in [-0.4, -0.2) is 18.6 Å². The monoisotopic (exact) mass is 256 g/mol. The molecule has 17 heavy (non-hydrogen) atoms. The number of carbonyl (C=O) groups is 1. The highest BCUT2D eigenvalue weighted by atomic mass is 32.1. The first-order valence-electron chi connectivity index (χ1n) is 5.78. The molecule has 0 aromatic carbocycles. The highest BCUT2D eigenvalue weighted by Gasteiger charge is 2.16. The van der Waals surface area contributed by atoms with Gasteiger partial charge in [-0.25, -0.2) is 4.79 Å². The maximum Gasteiger partial charge on any atom is 0.350 e. The standard InChI is InChI=1S/C12H20N2O2S/c1-5-16-12(15)11-9(13)6-10(17-11)14-8(4)7(2)3/h6-8,14H,5,13H2,1-4H3. The lowest BCUT2D eigenvalue weighted by molar-refractivity contribution is 0.0533. The Labute approximate surface area is 106 Å². The molecule has 0 aliphatic rings. The molecule has 0 saturated carbocycles. The summed E-state index contributed by atoms with van der Waals surface area (Å²) in [5.41, 5.74) is 6.27. The van der Waals surface area contributed by atoms with Gasteiger partial charge >= 0.3 is 5.97 Å². The van der Waals surface area contributed by atoms with Crippen molar-refractivity contribution < 1.29 is 9.53 Å². The summed E-state index contributed by atoms with van der Waals surface area (Å²) >= 11 is 1.34. The SMILES string of the molecule is CCOC(=O)c1sc(NC(C)C(C)C)cc1N. The van der Waals surface area contributed by atoms with Crippen molar-refractivity contribution in [2.45, 2.75) is 33.7 Å². The Morgan fingerprint density at radius 1 is 1.53 bits per heavy atom. The number of esters is 1. The van der Waals surface area contributed by atoms with Crippen molar-refractivity contribution in [3.8, 4) is 0 Å². The van der Waals surface area contributed by atoms with E-state index in [0.717, 1.165) is 5.00 Å². The molecule has 0 aliphatic heterocycles. The molecule has 1 heterocycles. The Morgan fingerprint density at radius 3 is 2.71 bits per heavy atom. The van der Waals surface area contributed by atoms with Crippen molar-refractivity contribution in [2.75, 3.05) is 17.7 Å². The predicted octanol–water partition coefficient (Wildman–Crippen LogP) is 2.96. The van der Waals surface area contributed by atoms with E-state index >= 15 is 0 Å². The van der Waals surface area contributed by atoms with Gasteiger partial charge in [0.15, 0.2) is 0 Å². The predicted molar refractivity (Wildman–Crippen MR) is 72.6 cm³/mol. The summed E-state index contributed by atoms with van der Waals surface area (Å²) < 4.78 is 4.94. The van der Waals surface area contributed by atoms with E-state index in [4.69, 9.17) is 10.5 Å². The molecule has 0 saturated heterocycles. The topological polar surface area (TPSA) is 64.3 Å². The molecule has 0 aliphatic carbocycles. The number of carbonyl (C=O) groups excluding carboxylic acids is 1. The van der Waals surface area contributed by atoms with E-state index in [-0.39, 0.29) is 5.97 Å². The number of hydrogen-bond donors (Lipinski definition) is 2. The maximum atomic E-state index is 11.6. The summed E-state index contributed by atoms with van der Waals surface area (Å²) in [7, 11) is 0. The highest BCUT2D eigenvalue weighted by Crippen LogP contribution is 2.30. The molecule has 1 rings (SSSR count). The lowest BCUT2D eigenvalue weighted by Crippen LogP contribution is -2.20. The van der Waals surface area contributed by atoms with Crippen LogP contribution in [0.15, 0.2) is 6.07 Å². The smallest absolute Gasteiger partial charge is 0.350 e. The number of rotatable bonds is 5. The van der Waals surface area contributed by atoms with E-state index in [1.807, 2.05) is 0 Å². The minimum Gasteiger partial charge on any atom is -0.462 e. The summed E-state index contributed by atoms with van der Waals surface area (Å²) in [6, 6.07) is 2.12. The second kappa shape index (κ2) is 5.91. The largest absolute Gasteiger partial charge is 0.462 e. The van der Waals surface area contributed by atoms with Crippen molar-refractivity contribution in [2.24, 2.45) is 5.92 Å². The molecule has 1 atom stereocenters. The third-order valence-electron chi connectivity index (χ3n) is 2.59. The second-order valence-corrected chi connectivity index (χ2v) is 5.34. The van der Waals surface area contributed by atoms with Gasteiger partial charge in [0.25, 0.3) is 0 Å². The van der Waals surface area contributed by atoms with Crippen LogP contribution in [-0.2, 0) is 4.74 Å². The van der Waals surface area contributed by atoms with Crippen LogP contribution in [0.25, 0.3) is 0 Å².